The van der Waals surface area contributed by atoms with E-state index < -0.39 is 12.0 Å². The minimum absolute atomic E-state index is 0.111. The van der Waals surface area contributed by atoms with E-state index in [1.54, 1.807) is 4.90 Å². The van der Waals surface area contributed by atoms with Crippen LogP contribution in [0.2, 0.25) is 0 Å². The molecule has 2 fully saturated rings. The Kier molecular flexibility index (Phi) is 5.30. The van der Waals surface area contributed by atoms with Crippen molar-refractivity contribution < 1.29 is 18.3 Å². The van der Waals surface area contributed by atoms with Gasteiger partial charge in [-0.2, -0.15) is 0 Å². The molecule has 0 aliphatic carbocycles. The minimum Gasteiger partial charge on any atom is -0.444 e. The second kappa shape index (κ2) is 6.69. The number of amides is 1. The molecule has 2 aliphatic rings. The second-order valence-electron chi connectivity index (χ2n) is 7.66. The van der Waals surface area contributed by atoms with Gasteiger partial charge in [0.05, 0.1) is 6.54 Å². The molecule has 0 bridgehead atoms. The van der Waals surface area contributed by atoms with Crippen molar-refractivity contribution in [2.45, 2.75) is 58.5 Å². The zero-order valence-electron chi connectivity index (χ0n) is 13.9. The molecule has 2 heterocycles. The molecule has 6 heteroatoms. The summed E-state index contributed by atoms with van der Waals surface area (Å²) >= 11 is 0. The largest absolute Gasteiger partial charge is 0.444 e. The molecule has 0 aromatic carbocycles. The highest BCUT2D eigenvalue weighted by molar-refractivity contribution is 5.68. The van der Waals surface area contributed by atoms with Gasteiger partial charge in [0.25, 0.3) is 6.43 Å². The number of hydrogen-bond acceptors (Lipinski definition) is 3. The molecule has 0 N–H and O–H groups in total. The van der Waals surface area contributed by atoms with Crippen molar-refractivity contribution in [2.75, 3.05) is 32.7 Å². The summed E-state index contributed by atoms with van der Waals surface area (Å²) in [6, 6.07) is 0. The van der Waals surface area contributed by atoms with Crippen LogP contribution < -0.4 is 0 Å². The topological polar surface area (TPSA) is 32.8 Å². The average Bonchev–Trinajstić information content (AvgIpc) is 2.40. The number of rotatable bonds is 2. The van der Waals surface area contributed by atoms with Crippen LogP contribution in [0.3, 0.4) is 0 Å². The summed E-state index contributed by atoms with van der Waals surface area (Å²) in [5, 5.41) is 0. The monoisotopic (exact) mass is 318 g/mol. The van der Waals surface area contributed by atoms with E-state index in [0.717, 1.165) is 38.8 Å². The molecule has 2 saturated heterocycles. The van der Waals surface area contributed by atoms with Crippen molar-refractivity contribution in [1.82, 2.24) is 9.80 Å². The summed E-state index contributed by atoms with van der Waals surface area (Å²) in [7, 11) is 0. The van der Waals surface area contributed by atoms with Gasteiger partial charge in [-0.15, -0.1) is 0 Å². The fraction of sp³-hybridized carbons (Fsp3) is 0.938. The van der Waals surface area contributed by atoms with E-state index in [4.69, 9.17) is 4.74 Å². The van der Waals surface area contributed by atoms with Crippen molar-refractivity contribution in [3.63, 3.8) is 0 Å². The van der Waals surface area contributed by atoms with Gasteiger partial charge in [-0.05, 0) is 65.0 Å². The van der Waals surface area contributed by atoms with Gasteiger partial charge < -0.3 is 9.64 Å². The van der Waals surface area contributed by atoms with Crippen LogP contribution in [-0.4, -0.2) is 60.6 Å². The Hall–Kier alpha value is -0.910. The van der Waals surface area contributed by atoms with Crippen LogP contribution in [0.25, 0.3) is 0 Å². The summed E-state index contributed by atoms with van der Waals surface area (Å²) in [5.41, 5.74) is -0.232. The first kappa shape index (κ1) is 17.4. The van der Waals surface area contributed by atoms with Gasteiger partial charge in [0.15, 0.2) is 0 Å². The number of nitrogens with zero attached hydrogens (tertiary/aromatic N) is 2. The van der Waals surface area contributed by atoms with E-state index >= 15 is 0 Å². The van der Waals surface area contributed by atoms with E-state index in [-0.39, 0.29) is 18.1 Å². The van der Waals surface area contributed by atoms with E-state index in [0.29, 0.717) is 13.1 Å². The average molecular weight is 318 g/mol. The molecule has 0 unspecified atom stereocenters. The molecule has 2 rings (SSSR count). The van der Waals surface area contributed by atoms with Crippen molar-refractivity contribution in [1.29, 1.82) is 0 Å². The standard InChI is InChI=1S/C16H28F2N2O2/c1-15(2,3)22-14(21)20-10-6-16(7-11-20)4-8-19(9-5-16)12-13(17)18/h13H,4-12H2,1-3H3. The number of halogens is 2. The number of alkyl halides is 2. The first-order valence-corrected chi connectivity index (χ1v) is 8.18. The number of carbonyl (C=O) groups excluding carboxylic acids is 1. The van der Waals surface area contributed by atoms with E-state index in [2.05, 4.69) is 0 Å². The fourth-order valence-electron chi connectivity index (χ4n) is 3.40. The Morgan fingerprint density at radius 2 is 1.59 bits per heavy atom. The van der Waals surface area contributed by atoms with E-state index in [1.165, 1.54) is 0 Å². The molecule has 0 atom stereocenters. The van der Waals surface area contributed by atoms with Crippen molar-refractivity contribution in [3.05, 3.63) is 0 Å². The van der Waals surface area contributed by atoms with Crippen LogP contribution in [0.1, 0.15) is 46.5 Å². The molecule has 0 aromatic heterocycles. The van der Waals surface area contributed by atoms with E-state index in [1.807, 2.05) is 25.7 Å². The Morgan fingerprint density at radius 1 is 1.09 bits per heavy atom. The quantitative estimate of drug-likeness (QED) is 0.782. The summed E-state index contributed by atoms with van der Waals surface area (Å²) in [6.45, 7) is 8.42. The van der Waals surface area contributed by atoms with Crippen LogP contribution in [0.5, 0.6) is 0 Å². The highest BCUT2D eigenvalue weighted by atomic mass is 19.3. The first-order chi connectivity index (χ1) is 10.2. The zero-order valence-corrected chi connectivity index (χ0v) is 13.9. The van der Waals surface area contributed by atoms with Crippen LogP contribution in [0.4, 0.5) is 13.6 Å². The lowest BCUT2D eigenvalue weighted by Gasteiger charge is -2.46. The molecule has 0 saturated carbocycles. The van der Waals surface area contributed by atoms with Gasteiger partial charge in [-0.3, -0.25) is 4.90 Å². The molecular formula is C16H28F2N2O2. The van der Waals surface area contributed by atoms with Crippen molar-refractivity contribution in [3.8, 4) is 0 Å². The second-order valence-corrected chi connectivity index (χ2v) is 7.66. The number of likely N-dealkylation sites (tertiary alicyclic amines) is 2. The smallest absolute Gasteiger partial charge is 0.410 e. The lowest BCUT2D eigenvalue weighted by Crippen LogP contribution is -2.49. The SMILES string of the molecule is CC(C)(C)OC(=O)N1CCC2(CCN(CC(F)F)CC2)CC1. The Labute approximate surface area is 131 Å². The molecule has 2 aliphatic heterocycles. The van der Waals surface area contributed by atoms with Gasteiger partial charge in [0, 0.05) is 13.1 Å². The minimum atomic E-state index is -2.25. The maximum atomic E-state index is 12.4. The third-order valence-corrected chi connectivity index (χ3v) is 4.79. The first-order valence-electron chi connectivity index (χ1n) is 8.18. The predicted octanol–water partition coefficient (Wildman–Crippen LogP) is 3.36. The Balaban J connectivity index is 1.79. The summed E-state index contributed by atoms with van der Waals surface area (Å²) < 4.78 is 30.3. The molecular weight excluding hydrogens is 290 g/mol. The van der Waals surface area contributed by atoms with Gasteiger partial charge in [0.2, 0.25) is 0 Å². The lowest BCUT2D eigenvalue weighted by atomic mass is 9.71. The highest BCUT2D eigenvalue weighted by Gasteiger charge is 2.39. The van der Waals surface area contributed by atoms with Gasteiger partial charge >= 0.3 is 6.09 Å². The molecule has 0 radical (unpaired) electrons. The maximum Gasteiger partial charge on any atom is 0.410 e. The fourth-order valence-corrected chi connectivity index (χ4v) is 3.40. The number of piperidine rings is 2. The molecule has 22 heavy (non-hydrogen) atoms. The van der Waals surface area contributed by atoms with Gasteiger partial charge in [-0.25, -0.2) is 13.6 Å². The Morgan fingerprint density at radius 3 is 2.05 bits per heavy atom. The van der Waals surface area contributed by atoms with Crippen LogP contribution in [-0.2, 0) is 4.74 Å². The van der Waals surface area contributed by atoms with Crippen LogP contribution in [0.15, 0.2) is 0 Å². The van der Waals surface area contributed by atoms with Crippen LogP contribution >= 0.6 is 0 Å². The summed E-state index contributed by atoms with van der Waals surface area (Å²) in [6.07, 6.45) is 1.34. The number of ether oxygens (including phenoxy) is 1. The molecule has 1 amide bonds. The third kappa shape index (κ3) is 4.80. The van der Waals surface area contributed by atoms with Crippen LogP contribution in [0, 0.1) is 5.41 Å². The maximum absolute atomic E-state index is 12.4. The lowest BCUT2D eigenvalue weighted by molar-refractivity contribution is -0.00927. The number of carbonyl (C=O) groups is 1. The summed E-state index contributed by atoms with van der Waals surface area (Å²) in [4.78, 5) is 15.7. The van der Waals surface area contributed by atoms with Crippen molar-refractivity contribution >= 4 is 6.09 Å². The normalized spacial score (nSPS) is 23.1. The molecule has 0 aromatic rings. The summed E-state index contributed by atoms with van der Waals surface area (Å²) in [5.74, 6) is 0. The highest BCUT2D eigenvalue weighted by Crippen LogP contribution is 2.41. The molecule has 1 spiro atoms. The molecule has 128 valence electrons. The van der Waals surface area contributed by atoms with Gasteiger partial charge in [-0.1, -0.05) is 0 Å². The zero-order chi connectivity index (χ0) is 16.4. The third-order valence-electron chi connectivity index (χ3n) is 4.79. The van der Waals surface area contributed by atoms with Gasteiger partial charge in [0.1, 0.15) is 5.60 Å². The van der Waals surface area contributed by atoms with Crippen molar-refractivity contribution in [2.24, 2.45) is 5.41 Å². The predicted molar refractivity (Wildman–Crippen MR) is 81.2 cm³/mol. The number of hydrogen-bond donors (Lipinski definition) is 0. The molecule has 4 nitrogen and oxygen atoms in total. The van der Waals surface area contributed by atoms with E-state index in [9.17, 15) is 13.6 Å². The Bertz CT molecular complexity index is 378.